The predicted molar refractivity (Wildman–Crippen MR) is 96.6 cm³/mol. The lowest BCUT2D eigenvalue weighted by molar-refractivity contribution is -0.121. The first-order valence-electron chi connectivity index (χ1n) is 8.60. The molecule has 0 aliphatic heterocycles. The summed E-state index contributed by atoms with van der Waals surface area (Å²) in [7, 11) is 0. The first-order valence-corrected chi connectivity index (χ1v) is 9.48. The molecule has 1 fully saturated rings. The van der Waals surface area contributed by atoms with Crippen molar-refractivity contribution in [2.45, 2.75) is 44.6 Å². The summed E-state index contributed by atoms with van der Waals surface area (Å²) < 4.78 is 0. The molecule has 2 aromatic rings. The quantitative estimate of drug-likeness (QED) is 0.844. The summed E-state index contributed by atoms with van der Waals surface area (Å²) in [4.78, 5) is 21.0. The molecule has 24 heavy (non-hydrogen) atoms. The molecule has 3 N–H and O–H groups in total. The molecule has 1 unspecified atom stereocenters. The van der Waals surface area contributed by atoms with E-state index in [-0.39, 0.29) is 11.9 Å². The van der Waals surface area contributed by atoms with Crippen molar-refractivity contribution in [2.75, 3.05) is 6.54 Å². The molecule has 6 heteroatoms. The lowest BCUT2D eigenvalue weighted by Crippen LogP contribution is -2.46. The molecule has 0 spiro atoms. The summed E-state index contributed by atoms with van der Waals surface area (Å²) in [5.74, 6) is 0.535. The lowest BCUT2D eigenvalue weighted by Gasteiger charge is -2.30. The Balaban J connectivity index is 1.57. The number of nitrogens with zero attached hydrogens (tertiary/aromatic N) is 2. The molecule has 0 aromatic carbocycles. The van der Waals surface area contributed by atoms with Crippen LogP contribution in [-0.2, 0) is 11.2 Å². The van der Waals surface area contributed by atoms with E-state index in [1.54, 1.807) is 23.7 Å². The van der Waals surface area contributed by atoms with Gasteiger partial charge < -0.3 is 11.1 Å². The van der Waals surface area contributed by atoms with Gasteiger partial charge in [-0.25, -0.2) is 4.98 Å². The van der Waals surface area contributed by atoms with Crippen molar-refractivity contribution in [3.8, 4) is 10.6 Å². The van der Waals surface area contributed by atoms with Gasteiger partial charge in [0.2, 0.25) is 5.91 Å². The number of aromatic nitrogens is 2. The van der Waals surface area contributed by atoms with Crippen molar-refractivity contribution in [3.05, 3.63) is 35.6 Å². The number of amides is 1. The van der Waals surface area contributed by atoms with Crippen LogP contribution in [0.25, 0.3) is 10.6 Å². The molecule has 128 valence electrons. The summed E-state index contributed by atoms with van der Waals surface area (Å²) in [5.41, 5.74) is 7.67. The molecule has 0 radical (unpaired) electrons. The van der Waals surface area contributed by atoms with Gasteiger partial charge in [0.15, 0.2) is 0 Å². The van der Waals surface area contributed by atoms with Crippen molar-refractivity contribution < 1.29 is 4.79 Å². The van der Waals surface area contributed by atoms with Crippen molar-refractivity contribution in [3.63, 3.8) is 0 Å². The fourth-order valence-corrected chi connectivity index (χ4v) is 4.15. The first kappa shape index (κ1) is 17.0. The highest BCUT2D eigenvalue weighted by Crippen LogP contribution is 2.26. The number of nitrogens with two attached hydrogens (primary N) is 1. The largest absolute Gasteiger partial charge is 0.351 e. The van der Waals surface area contributed by atoms with Crippen LogP contribution in [0.3, 0.4) is 0 Å². The standard InChI is InChI=1S/C18H24N4OS/c19-10-16(13-5-2-1-3-6-13)22-17(23)9-15-12-24-18(21-15)14-7-4-8-20-11-14/h4,7-8,11-13,16H,1-3,5-6,9-10,19H2,(H,22,23). The maximum absolute atomic E-state index is 12.4. The van der Waals surface area contributed by atoms with Crippen LogP contribution in [0.15, 0.2) is 29.9 Å². The van der Waals surface area contributed by atoms with Gasteiger partial charge in [0, 0.05) is 35.9 Å². The summed E-state index contributed by atoms with van der Waals surface area (Å²) in [6.45, 7) is 0.508. The second-order valence-electron chi connectivity index (χ2n) is 6.37. The van der Waals surface area contributed by atoms with Crippen LogP contribution in [0, 0.1) is 5.92 Å². The van der Waals surface area contributed by atoms with E-state index in [2.05, 4.69) is 15.3 Å². The van der Waals surface area contributed by atoms with Crippen LogP contribution in [0.2, 0.25) is 0 Å². The fraction of sp³-hybridized carbons (Fsp3) is 0.500. The summed E-state index contributed by atoms with van der Waals surface area (Å²) in [6, 6.07) is 3.96. The van der Waals surface area contributed by atoms with E-state index in [1.807, 2.05) is 17.5 Å². The van der Waals surface area contributed by atoms with Crippen molar-refractivity contribution >= 4 is 17.2 Å². The molecule has 5 nitrogen and oxygen atoms in total. The second-order valence-corrected chi connectivity index (χ2v) is 7.23. The van der Waals surface area contributed by atoms with Gasteiger partial charge in [-0.15, -0.1) is 11.3 Å². The van der Waals surface area contributed by atoms with Crippen molar-refractivity contribution in [1.29, 1.82) is 0 Å². The fourth-order valence-electron chi connectivity index (χ4n) is 3.34. The number of rotatable bonds is 6. The molecule has 1 aliphatic rings. The highest BCUT2D eigenvalue weighted by molar-refractivity contribution is 7.13. The first-order chi connectivity index (χ1) is 11.8. The minimum absolute atomic E-state index is 0.0130. The number of nitrogens with one attached hydrogen (secondary N) is 1. The minimum Gasteiger partial charge on any atom is -0.351 e. The molecule has 1 aliphatic carbocycles. The van der Waals surface area contributed by atoms with Crippen LogP contribution in [0.4, 0.5) is 0 Å². The third-order valence-electron chi connectivity index (χ3n) is 4.62. The minimum atomic E-state index is 0.0130. The normalized spacial score (nSPS) is 16.7. The van der Waals surface area contributed by atoms with Crippen LogP contribution in [-0.4, -0.2) is 28.5 Å². The number of hydrogen-bond donors (Lipinski definition) is 2. The Morgan fingerprint density at radius 1 is 1.38 bits per heavy atom. The zero-order chi connectivity index (χ0) is 16.8. The molecule has 3 rings (SSSR count). The number of carbonyl (C=O) groups excluding carboxylic acids is 1. The zero-order valence-electron chi connectivity index (χ0n) is 13.8. The van der Waals surface area contributed by atoms with Crippen LogP contribution >= 0.6 is 11.3 Å². The Morgan fingerprint density at radius 3 is 2.92 bits per heavy atom. The van der Waals surface area contributed by atoms with Crippen LogP contribution < -0.4 is 11.1 Å². The Kier molecular flexibility index (Phi) is 5.93. The summed E-state index contributed by atoms with van der Waals surface area (Å²) >= 11 is 1.54. The van der Waals surface area contributed by atoms with Crippen molar-refractivity contribution in [1.82, 2.24) is 15.3 Å². The van der Waals surface area contributed by atoms with Gasteiger partial charge in [0.25, 0.3) is 0 Å². The number of thiazole rings is 1. The maximum Gasteiger partial charge on any atom is 0.226 e. The number of pyridine rings is 1. The van der Waals surface area contributed by atoms with Gasteiger partial charge in [0.05, 0.1) is 12.1 Å². The van der Waals surface area contributed by atoms with E-state index >= 15 is 0 Å². The number of hydrogen-bond acceptors (Lipinski definition) is 5. The summed E-state index contributed by atoms with van der Waals surface area (Å²) in [6.07, 6.45) is 9.97. The second kappa shape index (κ2) is 8.35. The molecule has 1 atom stereocenters. The monoisotopic (exact) mass is 344 g/mol. The number of carbonyl (C=O) groups is 1. The lowest BCUT2D eigenvalue weighted by atomic mass is 9.84. The molecule has 1 saturated carbocycles. The van der Waals surface area contributed by atoms with Gasteiger partial charge in [-0.3, -0.25) is 9.78 Å². The molecule has 2 heterocycles. The Labute approximate surface area is 146 Å². The third-order valence-corrected chi connectivity index (χ3v) is 5.56. The van der Waals surface area contributed by atoms with E-state index in [1.165, 1.54) is 32.1 Å². The van der Waals surface area contributed by atoms with E-state index < -0.39 is 0 Å². The SMILES string of the molecule is NCC(NC(=O)Cc1csc(-c2cccnc2)n1)C1CCCCC1. The van der Waals surface area contributed by atoms with Crippen LogP contribution in [0.1, 0.15) is 37.8 Å². The van der Waals surface area contributed by atoms with E-state index in [0.717, 1.165) is 16.3 Å². The Hall–Kier alpha value is -1.79. The van der Waals surface area contributed by atoms with Gasteiger partial charge in [-0.1, -0.05) is 19.3 Å². The van der Waals surface area contributed by atoms with E-state index in [0.29, 0.717) is 18.9 Å². The van der Waals surface area contributed by atoms with E-state index in [9.17, 15) is 4.79 Å². The average Bonchev–Trinajstić information content (AvgIpc) is 3.09. The molecule has 0 bridgehead atoms. The van der Waals surface area contributed by atoms with Crippen molar-refractivity contribution in [2.24, 2.45) is 11.7 Å². The van der Waals surface area contributed by atoms with Gasteiger partial charge >= 0.3 is 0 Å². The van der Waals surface area contributed by atoms with Gasteiger partial charge in [0.1, 0.15) is 5.01 Å². The molecule has 2 aromatic heterocycles. The van der Waals surface area contributed by atoms with Gasteiger partial charge in [-0.05, 0) is 30.9 Å². The zero-order valence-corrected chi connectivity index (χ0v) is 14.6. The molecular formula is C18H24N4OS. The third kappa shape index (κ3) is 4.39. The molecular weight excluding hydrogens is 320 g/mol. The highest BCUT2D eigenvalue weighted by atomic mass is 32.1. The Morgan fingerprint density at radius 2 is 2.21 bits per heavy atom. The average molecular weight is 344 g/mol. The van der Waals surface area contributed by atoms with E-state index in [4.69, 9.17) is 5.73 Å². The highest BCUT2D eigenvalue weighted by Gasteiger charge is 2.24. The topological polar surface area (TPSA) is 80.9 Å². The summed E-state index contributed by atoms with van der Waals surface area (Å²) in [5, 5.41) is 5.96. The maximum atomic E-state index is 12.4. The molecule has 0 saturated heterocycles. The van der Waals surface area contributed by atoms with Gasteiger partial charge in [-0.2, -0.15) is 0 Å². The Bertz CT molecular complexity index is 652. The predicted octanol–water partition coefficient (Wildman–Crippen LogP) is 2.77. The van der Waals surface area contributed by atoms with Crippen LogP contribution in [0.5, 0.6) is 0 Å². The smallest absolute Gasteiger partial charge is 0.226 e. The molecule has 1 amide bonds.